The number of hydrogen-bond acceptors (Lipinski definition) is 6. The summed E-state index contributed by atoms with van der Waals surface area (Å²) >= 11 is 0. The molecule has 0 fully saturated rings. The van der Waals surface area contributed by atoms with Gasteiger partial charge in [0.15, 0.2) is 6.10 Å². The normalized spacial score (nSPS) is 12.5. The van der Waals surface area contributed by atoms with E-state index in [1.165, 1.54) is 161 Å². The molecule has 0 heterocycles. The topological polar surface area (TPSA) is 78.9 Å². The Morgan fingerprint density at radius 2 is 0.679 bits per heavy atom. The van der Waals surface area contributed by atoms with Crippen LogP contribution in [0.1, 0.15) is 272 Å². The van der Waals surface area contributed by atoms with Gasteiger partial charge in [-0.1, -0.05) is 234 Å². The molecule has 332 valence electrons. The van der Waals surface area contributed by atoms with Crippen molar-refractivity contribution in [2.24, 2.45) is 11.8 Å². The van der Waals surface area contributed by atoms with Crippen LogP contribution >= 0.6 is 0 Å². The Morgan fingerprint density at radius 3 is 1.02 bits per heavy atom. The van der Waals surface area contributed by atoms with Crippen molar-refractivity contribution in [1.29, 1.82) is 0 Å². The minimum Gasteiger partial charge on any atom is -0.462 e. The van der Waals surface area contributed by atoms with Gasteiger partial charge in [-0.3, -0.25) is 14.4 Å². The van der Waals surface area contributed by atoms with Gasteiger partial charge >= 0.3 is 17.9 Å². The molecule has 0 spiro atoms. The highest BCUT2D eigenvalue weighted by molar-refractivity contribution is 5.71. The maximum absolute atomic E-state index is 12.7. The fourth-order valence-corrected chi connectivity index (χ4v) is 7.43. The summed E-state index contributed by atoms with van der Waals surface area (Å²) in [5, 5.41) is 0. The van der Waals surface area contributed by atoms with Gasteiger partial charge in [0.2, 0.25) is 0 Å². The summed E-state index contributed by atoms with van der Waals surface area (Å²) in [4.78, 5) is 37.8. The lowest BCUT2D eigenvalue weighted by Crippen LogP contribution is -2.30. The van der Waals surface area contributed by atoms with E-state index in [0.29, 0.717) is 19.3 Å². The molecule has 0 aliphatic heterocycles. The van der Waals surface area contributed by atoms with Crippen LogP contribution in [0.2, 0.25) is 0 Å². The van der Waals surface area contributed by atoms with E-state index in [2.05, 4.69) is 34.6 Å². The maximum atomic E-state index is 12.7. The molecule has 0 aliphatic carbocycles. The Morgan fingerprint density at radius 1 is 0.375 bits per heavy atom. The van der Waals surface area contributed by atoms with Crippen LogP contribution in [0.4, 0.5) is 0 Å². The summed E-state index contributed by atoms with van der Waals surface area (Å²) in [6, 6.07) is 0. The monoisotopic (exact) mass is 793 g/mol. The standard InChI is InChI=1S/C50H96O6/c1-6-8-9-10-11-12-13-14-15-19-25-30-35-40-48(51)54-43-47(44-55-49(52)41-36-31-26-22-21-24-29-34-39-46(5)7-2)56-50(53)42-37-32-27-20-17-16-18-23-28-33-38-45(3)4/h45-47H,6-44H2,1-5H3/t46?,47-/m1/s1. The van der Waals surface area contributed by atoms with Gasteiger partial charge < -0.3 is 14.2 Å². The van der Waals surface area contributed by atoms with Gasteiger partial charge in [-0.15, -0.1) is 0 Å². The minimum atomic E-state index is -0.761. The van der Waals surface area contributed by atoms with Crippen molar-refractivity contribution in [1.82, 2.24) is 0 Å². The molecule has 2 atom stereocenters. The van der Waals surface area contributed by atoms with Crippen LogP contribution in [0.15, 0.2) is 0 Å². The first kappa shape index (κ1) is 54.4. The molecule has 0 amide bonds. The van der Waals surface area contributed by atoms with E-state index in [1.54, 1.807) is 0 Å². The first-order valence-electron chi connectivity index (χ1n) is 24.8. The smallest absolute Gasteiger partial charge is 0.306 e. The van der Waals surface area contributed by atoms with E-state index < -0.39 is 6.10 Å². The van der Waals surface area contributed by atoms with Crippen molar-refractivity contribution < 1.29 is 28.6 Å². The zero-order valence-electron chi connectivity index (χ0n) is 38.3. The molecule has 0 N–H and O–H groups in total. The fourth-order valence-electron chi connectivity index (χ4n) is 7.43. The van der Waals surface area contributed by atoms with Gasteiger partial charge in [-0.2, -0.15) is 0 Å². The second-order valence-electron chi connectivity index (χ2n) is 17.8. The lowest BCUT2D eigenvalue weighted by Gasteiger charge is -2.18. The third-order valence-electron chi connectivity index (χ3n) is 11.6. The Labute approximate surface area is 348 Å². The average molecular weight is 793 g/mol. The Hall–Kier alpha value is -1.59. The predicted molar refractivity (Wildman–Crippen MR) is 238 cm³/mol. The molecule has 6 nitrogen and oxygen atoms in total. The zero-order valence-corrected chi connectivity index (χ0v) is 38.3. The largest absolute Gasteiger partial charge is 0.462 e. The molecule has 0 saturated carbocycles. The molecule has 0 radical (unpaired) electrons. The van der Waals surface area contributed by atoms with Gasteiger partial charge in [-0.25, -0.2) is 0 Å². The van der Waals surface area contributed by atoms with E-state index in [0.717, 1.165) is 69.6 Å². The SMILES string of the molecule is CCCCCCCCCCCCCCCC(=O)OC[C@H](COC(=O)CCCCCCCCCCC(C)CC)OC(=O)CCCCCCCCCCCCC(C)C. The molecule has 0 rings (SSSR count). The molecule has 0 aromatic carbocycles. The number of unbranched alkanes of at least 4 members (excludes halogenated alkanes) is 28. The third kappa shape index (κ3) is 42.0. The number of esters is 3. The van der Waals surface area contributed by atoms with Gasteiger partial charge in [-0.05, 0) is 31.1 Å². The lowest BCUT2D eigenvalue weighted by molar-refractivity contribution is -0.167. The maximum Gasteiger partial charge on any atom is 0.306 e. The molecule has 0 aliphatic rings. The highest BCUT2D eigenvalue weighted by Crippen LogP contribution is 2.17. The van der Waals surface area contributed by atoms with Crippen molar-refractivity contribution in [3.05, 3.63) is 0 Å². The number of ether oxygens (including phenoxy) is 3. The quantitative estimate of drug-likeness (QED) is 0.0347. The number of carbonyl (C=O) groups excluding carboxylic acids is 3. The van der Waals surface area contributed by atoms with Gasteiger partial charge in [0.25, 0.3) is 0 Å². The Bertz CT molecular complexity index is 856. The van der Waals surface area contributed by atoms with Crippen LogP contribution in [0.25, 0.3) is 0 Å². The predicted octanol–water partition coefficient (Wildman–Crippen LogP) is 15.8. The molecule has 56 heavy (non-hydrogen) atoms. The van der Waals surface area contributed by atoms with Crippen molar-refractivity contribution >= 4 is 17.9 Å². The van der Waals surface area contributed by atoms with Crippen LogP contribution in [0.5, 0.6) is 0 Å². The zero-order chi connectivity index (χ0) is 41.2. The summed E-state index contributed by atoms with van der Waals surface area (Å²) in [7, 11) is 0. The van der Waals surface area contributed by atoms with Crippen molar-refractivity contribution in [2.45, 2.75) is 278 Å². The minimum absolute atomic E-state index is 0.0644. The first-order chi connectivity index (χ1) is 27.3. The van der Waals surface area contributed by atoms with E-state index in [9.17, 15) is 14.4 Å². The Balaban J connectivity index is 4.34. The van der Waals surface area contributed by atoms with Crippen LogP contribution in [-0.4, -0.2) is 37.2 Å². The van der Waals surface area contributed by atoms with E-state index in [-0.39, 0.29) is 31.1 Å². The van der Waals surface area contributed by atoms with Gasteiger partial charge in [0, 0.05) is 19.3 Å². The van der Waals surface area contributed by atoms with Gasteiger partial charge in [0.1, 0.15) is 13.2 Å². The number of carbonyl (C=O) groups is 3. The second-order valence-corrected chi connectivity index (χ2v) is 17.8. The van der Waals surface area contributed by atoms with Crippen LogP contribution < -0.4 is 0 Å². The molecule has 6 heteroatoms. The summed E-state index contributed by atoms with van der Waals surface area (Å²) < 4.78 is 16.8. The summed E-state index contributed by atoms with van der Waals surface area (Å²) in [5.74, 6) is 0.811. The Kier molecular flexibility index (Phi) is 41.8. The van der Waals surface area contributed by atoms with E-state index in [4.69, 9.17) is 14.2 Å². The summed E-state index contributed by atoms with van der Waals surface area (Å²) in [6.07, 6.45) is 42.2. The molecule has 0 aromatic heterocycles. The molecule has 0 saturated heterocycles. The highest BCUT2D eigenvalue weighted by Gasteiger charge is 2.19. The van der Waals surface area contributed by atoms with Crippen molar-refractivity contribution in [2.75, 3.05) is 13.2 Å². The fraction of sp³-hybridized carbons (Fsp3) is 0.940. The molecule has 1 unspecified atom stereocenters. The molecular formula is C50H96O6. The number of hydrogen-bond donors (Lipinski definition) is 0. The number of rotatable bonds is 44. The van der Waals surface area contributed by atoms with Gasteiger partial charge in [0.05, 0.1) is 0 Å². The third-order valence-corrected chi connectivity index (χ3v) is 11.6. The van der Waals surface area contributed by atoms with Crippen LogP contribution in [0.3, 0.4) is 0 Å². The molecule has 0 aromatic rings. The highest BCUT2D eigenvalue weighted by atomic mass is 16.6. The van der Waals surface area contributed by atoms with E-state index >= 15 is 0 Å². The lowest BCUT2D eigenvalue weighted by atomic mass is 9.99. The molecule has 0 bridgehead atoms. The summed E-state index contributed by atoms with van der Waals surface area (Å²) in [6.45, 7) is 11.4. The second kappa shape index (κ2) is 43.0. The van der Waals surface area contributed by atoms with E-state index in [1.807, 2.05) is 0 Å². The van der Waals surface area contributed by atoms with Crippen molar-refractivity contribution in [3.63, 3.8) is 0 Å². The van der Waals surface area contributed by atoms with Crippen LogP contribution in [-0.2, 0) is 28.6 Å². The first-order valence-corrected chi connectivity index (χ1v) is 24.8. The molecular weight excluding hydrogens is 697 g/mol. The summed E-state index contributed by atoms with van der Waals surface area (Å²) in [5.41, 5.74) is 0. The average Bonchev–Trinajstić information content (AvgIpc) is 3.18. The van der Waals surface area contributed by atoms with Crippen LogP contribution in [0, 0.1) is 11.8 Å². The van der Waals surface area contributed by atoms with Crippen molar-refractivity contribution in [3.8, 4) is 0 Å².